The lowest BCUT2D eigenvalue weighted by molar-refractivity contribution is -0.591. The number of nitrogens with two attached hydrogens (primary N) is 1. The second-order valence-electron chi connectivity index (χ2n) is 3.89. The van der Waals surface area contributed by atoms with Gasteiger partial charge in [-0.1, -0.05) is 6.07 Å². The molecule has 88 valence electrons. The Hall–Kier alpha value is -2.01. The monoisotopic (exact) mass is 232 g/mol. The number of aliphatic carboxylic acids is 1. The molecule has 4 N–H and O–H groups in total. The predicted octanol–water partition coefficient (Wildman–Crippen LogP) is 0.145. The maximum atomic E-state index is 11.3. The molecule has 0 radical (unpaired) electrons. The molecule has 1 aromatic rings. The minimum absolute atomic E-state index is 0.00810. The number of aromatic nitrogens is 1. The van der Waals surface area contributed by atoms with Gasteiger partial charge in [0, 0.05) is 19.0 Å². The van der Waals surface area contributed by atoms with E-state index < -0.39 is 5.97 Å². The van der Waals surface area contributed by atoms with Crippen LogP contribution in [0.3, 0.4) is 0 Å². The molecule has 5 nitrogen and oxygen atoms in total. The molecule has 1 aliphatic heterocycles. The number of quaternary nitrogens is 1. The van der Waals surface area contributed by atoms with Crippen LogP contribution in [0.2, 0.25) is 0 Å². The van der Waals surface area contributed by atoms with Crippen molar-refractivity contribution in [1.29, 1.82) is 5.41 Å². The molecule has 0 unspecified atom stereocenters. The van der Waals surface area contributed by atoms with E-state index in [2.05, 4.69) is 4.98 Å². The summed E-state index contributed by atoms with van der Waals surface area (Å²) >= 11 is 0. The van der Waals surface area contributed by atoms with E-state index in [-0.39, 0.29) is 11.3 Å². The summed E-state index contributed by atoms with van der Waals surface area (Å²) in [6.07, 6.45) is 3.25. The SMILES string of the molecule is N=C(/C(C(=O)O)=C1/CCC[NH2+]1)c1ccccn1. The summed E-state index contributed by atoms with van der Waals surface area (Å²) in [5.74, 6) is -1.05. The molecule has 2 rings (SSSR count). The topological polar surface area (TPSA) is 90.7 Å². The van der Waals surface area contributed by atoms with Crippen molar-refractivity contribution in [3.05, 3.63) is 41.4 Å². The Labute approximate surface area is 98.7 Å². The highest BCUT2D eigenvalue weighted by atomic mass is 16.4. The quantitative estimate of drug-likeness (QED) is 0.511. The van der Waals surface area contributed by atoms with Gasteiger partial charge in [0.05, 0.1) is 18.0 Å². The number of carbonyl (C=O) groups is 1. The average Bonchev–Trinajstić information content (AvgIpc) is 2.83. The highest BCUT2D eigenvalue weighted by molar-refractivity contribution is 6.24. The molecule has 17 heavy (non-hydrogen) atoms. The Bertz CT molecular complexity index is 472. The zero-order valence-electron chi connectivity index (χ0n) is 9.31. The van der Waals surface area contributed by atoms with Crippen LogP contribution < -0.4 is 5.32 Å². The average molecular weight is 232 g/mol. The van der Waals surface area contributed by atoms with Crippen molar-refractivity contribution in [3.63, 3.8) is 0 Å². The molecule has 0 aromatic carbocycles. The van der Waals surface area contributed by atoms with Crippen LogP contribution in [0.25, 0.3) is 0 Å². The molecular formula is C12H14N3O2+. The number of pyridine rings is 1. The molecule has 1 saturated heterocycles. The normalized spacial score (nSPS) is 17.9. The van der Waals surface area contributed by atoms with Crippen LogP contribution in [0.5, 0.6) is 0 Å². The van der Waals surface area contributed by atoms with Crippen LogP contribution in [-0.2, 0) is 4.79 Å². The van der Waals surface area contributed by atoms with Crippen LogP contribution in [-0.4, -0.2) is 28.3 Å². The standard InChI is InChI=1S/C12H13N3O2/c13-11(9-4-1-2-6-15-9)10(12(16)17)8-5-3-7-14-8/h1-2,4,6,13-14H,3,5,7H2,(H,16,17)/p+1/b10-8+,13-11?. The Morgan fingerprint density at radius 3 is 2.82 bits per heavy atom. The number of carboxylic acids is 1. The van der Waals surface area contributed by atoms with E-state index in [1.54, 1.807) is 24.4 Å². The van der Waals surface area contributed by atoms with Gasteiger partial charge in [-0.05, 0) is 12.1 Å². The number of carboxylic acid groups (broad SMARTS) is 1. The van der Waals surface area contributed by atoms with E-state index in [0.717, 1.165) is 25.1 Å². The molecule has 0 saturated carbocycles. The van der Waals surface area contributed by atoms with Crippen LogP contribution in [0.15, 0.2) is 35.7 Å². The second-order valence-corrected chi connectivity index (χ2v) is 3.89. The van der Waals surface area contributed by atoms with Gasteiger partial charge in [-0.15, -0.1) is 0 Å². The molecule has 1 fully saturated rings. The first-order valence-electron chi connectivity index (χ1n) is 5.50. The molecule has 0 atom stereocenters. The van der Waals surface area contributed by atoms with E-state index in [4.69, 9.17) is 5.41 Å². The van der Waals surface area contributed by atoms with E-state index in [1.807, 2.05) is 5.32 Å². The third kappa shape index (κ3) is 2.39. The van der Waals surface area contributed by atoms with Gasteiger partial charge in [-0.25, -0.2) is 4.79 Å². The molecule has 5 heteroatoms. The van der Waals surface area contributed by atoms with E-state index in [9.17, 15) is 9.90 Å². The number of hydrogen-bond donors (Lipinski definition) is 3. The number of nitrogens with zero attached hydrogens (tertiary/aromatic N) is 1. The summed E-state index contributed by atoms with van der Waals surface area (Å²) in [5.41, 5.74) is 1.23. The van der Waals surface area contributed by atoms with Crippen LogP contribution >= 0.6 is 0 Å². The molecule has 2 heterocycles. The largest absolute Gasteiger partial charge is 0.477 e. The minimum Gasteiger partial charge on any atom is -0.477 e. The smallest absolute Gasteiger partial charge is 0.343 e. The van der Waals surface area contributed by atoms with Crippen molar-refractivity contribution < 1.29 is 15.2 Å². The first kappa shape index (κ1) is 11.5. The maximum absolute atomic E-state index is 11.3. The van der Waals surface area contributed by atoms with Crippen molar-refractivity contribution in [2.24, 2.45) is 0 Å². The lowest BCUT2D eigenvalue weighted by Crippen LogP contribution is -2.79. The summed E-state index contributed by atoms with van der Waals surface area (Å²) in [6, 6.07) is 5.15. The second kappa shape index (κ2) is 4.88. The van der Waals surface area contributed by atoms with Gasteiger partial charge in [-0.3, -0.25) is 10.4 Å². The highest BCUT2D eigenvalue weighted by Gasteiger charge is 2.26. The number of allylic oxidation sites excluding steroid dienone is 1. The third-order valence-corrected chi connectivity index (χ3v) is 2.75. The van der Waals surface area contributed by atoms with Gasteiger partial charge >= 0.3 is 5.97 Å². The summed E-state index contributed by atoms with van der Waals surface area (Å²) in [7, 11) is 0. The molecule has 1 aromatic heterocycles. The summed E-state index contributed by atoms with van der Waals surface area (Å²) in [4.78, 5) is 15.3. The minimum atomic E-state index is -1.05. The summed E-state index contributed by atoms with van der Waals surface area (Å²) < 4.78 is 0. The summed E-state index contributed by atoms with van der Waals surface area (Å²) in [6.45, 7) is 0.890. The van der Waals surface area contributed by atoms with Crippen LogP contribution in [0, 0.1) is 5.41 Å². The third-order valence-electron chi connectivity index (χ3n) is 2.75. The van der Waals surface area contributed by atoms with Gasteiger partial charge in [-0.2, -0.15) is 0 Å². The summed E-state index contributed by atoms with van der Waals surface area (Å²) in [5, 5.41) is 19.1. The first-order chi connectivity index (χ1) is 8.20. The highest BCUT2D eigenvalue weighted by Crippen LogP contribution is 2.13. The predicted molar refractivity (Wildman–Crippen MR) is 61.8 cm³/mol. The fourth-order valence-corrected chi connectivity index (χ4v) is 1.94. The Morgan fingerprint density at radius 1 is 1.47 bits per heavy atom. The molecule has 0 bridgehead atoms. The van der Waals surface area contributed by atoms with Crippen LogP contribution in [0.1, 0.15) is 18.5 Å². The van der Waals surface area contributed by atoms with Gasteiger partial charge in [0.2, 0.25) is 0 Å². The van der Waals surface area contributed by atoms with E-state index in [0.29, 0.717) is 5.69 Å². The fourth-order valence-electron chi connectivity index (χ4n) is 1.94. The first-order valence-corrected chi connectivity index (χ1v) is 5.50. The van der Waals surface area contributed by atoms with E-state index >= 15 is 0 Å². The van der Waals surface area contributed by atoms with Crippen molar-refractivity contribution >= 4 is 11.7 Å². The van der Waals surface area contributed by atoms with Crippen molar-refractivity contribution in [2.75, 3.05) is 6.54 Å². The van der Waals surface area contributed by atoms with Crippen molar-refractivity contribution in [1.82, 2.24) is 4.98 Å². The molecule has 0 spiro atoms. The number of nitrogens with one attached hydrogen (secondary N) is 1. The number of hydrogen-bond acceptors (Lipinski definition) is 3. The molecule has 0 amide bonds. The van der Waals surface area contributed by atoms with Gasteiger partial charge < -0.3 is 10.4 Å². The van der Waals surface area contributed by atoms with Crippen LogP contribution in [0.4, 0.5) is 0 Å². The van der Waals surface area contributed by atoms with Gasteiger partial charge in [0.15, 0.2) is 0 Å². The lowest BCUT2D eigenvalue weighted by atomic mass is 10.0. The molecule has 0 aliphatic carbocycles. The lowest BCUT2D eigenvalue weighted by Gasteiger charge is -2.05. The molecular weight excluding hydrogens is 218 g/mol. The Balaban J connectivity index is 2.39. The maximum Gasteiger partial charge on any atom is 0.343 e. The van der Waals surface area contributed by atoms with Gasteiger partial charge in [0.1, 0.15) is 11.3 Å². The molecule has 1 aliphatic rings. The Morgan fingerprint density at radius 2 is 2.29 bits per heavy atom. The van der Waals surface area contributed by atoms with Gasteiger partial charge in [0.25, 0.3) is 0 Å². The zero-order chi connectivity index (χ0) is 12.3. The Kier molecular flexibility index (Phi) is 3.30. The zero-order valence-corrected chi connectivity index (χ0v) is 9.31. The van der Waals surface area contributed by atoms with E-state index in [1.165, 1.54) is 0 Å². The fraction of sp³-hybridized carbons (Fsp3) is 0.250. The van der Waals surface area contributed by atoms with Crippen molar-refractivity contribution in [3.8, 4) is 0 Å². The number of rotatable bonds is 3. The van der Waals surface area contributed by atoms with Crippen molar-refractivity contribution in [2.45, 2.75) is 12.8 Å².